The van der Waals surface area contributed by atoms with Crippen LogP contribution in [-0.4, -0.2) is 61.3 Å². The number of aromatic nitrogens is 2. The van der Waals surface area contributed by atoms with Gasteiger partial charge in [-0.25, -0.2) is 14.4 Å². The van der Waals surface area contributed by atoms with E-state index in [0.717, 1.165) is 4.90 Å². The van der Waals surface area contributed by atoms with E-state index < -0.39 is 18.8 Å². The van der Waals surface area contributed by atoms with Crippen molar-refractivity contribution in [1.29, 1.82) is 0 Å². The van der Waals surface area contributed by atoms with Gasteiger partial charge in [0.2, 0.25) is 0 Å². The molecule has 0 unspecified atom stereocenters. The number of hydrogen-bond acceptors (Lipinski definition) is 7. The average molecular weight is 451 g/mol. The summed E-state index contributed by atoms with van der Waals surface area (Å²) in [6.45, 7) is -3.88. The highest BCUT2D eigenvalue weighted by molar-refractivity contribution is 6.31. The fourth-order valence-electron chi connectivity index (χ4n) is 3.06. The topological polar surface area (TPSA) is 68.7 Å². The van der Waals surface area contributed by atoms with Crippen molar-refractivity contribution in [2.24, 2.45) is 0 Å². The first-order chi connectivity index (χ1) is 16.6. The third-order valence-electron chi connectivity index (χ3n) is 4.60. The summed E-state index contributed by atoms with van der Waals surface area (Å²) in [5, 5.41) is 3.72. The normalized spacial score (nSPS) is 19.7. The molecule has 0 spiro atoms. The van der Waals surface area contributed by atoms with Crippen LogP contribution in [0.3, 0.4) is 0 Å². The summed E-state index contributed by atoms with van der Waals surface area (Å²) in [6, 6.07) is 7.67. The first kappa shape index (κ1) is 16.9. The van der Waals surface area contributed by atoms with Gasteiger partial charge in [0, 0.05) is 42.2 Å². The van der Waals surface area contributed by atoms with Gasteiger partial charge in [-0.3, -0.25) is 4.90 Å². The molecule has 9 heteroatoms. The molecule has 4 rings (SSSR count). The molecule has 0 aliphatic carbocycles. The molecule has 0 saturated carbocycles. The van der Waals surface area contributed by atoms with Gasteiger partial charge in [0.05, 0.1) is 37.5 Å². The number of hydrogen-bond donors (Lipinski definition) is 1. The molecule has 1 fully saturated rings. The molecule has 0 amide bonds. The lowest BCUT2D eigenvalue weighted by molar-refractivity contribution is 0.0357. The van der Waals surface area contributed by atoms with Crippen molar-refractivity contribution in [2.45, 2.75) is 6.42 Å². The second-order valence-corrected chi connectivity index (χ2v) is 7.07. The van der Waals surface area contributed by atoms with Crippen molar-refractivity contribution in [3.63, 3.8) is 0 Å². The van der Waals surface area contributed by atoms with Gasteiger partial charge in [0.1, 0.15) is 18.0 Å². The van der Waals surface area contributed by atoms with Gasteiger partial charge >= 0.3 is 0 Å². The Morgan fingerprint density at radius 2 is 2.06 bits per heavy atom. The summed E-state index contributed by atoms with van der Waals surface area (Å²) in [6.07, 6.45) is 1.75. The van der Waals surface area contributed by atoms with Crippen LogP contribution in [0.2, 0.25) is 5.02 Å². The largest absolute Gasteiger partial charge is 0.493 e. The second kappa shape index (κ2) is 10.1. The lowest BCUT2D eigenvalue weighted by Crippen LogP contribution is -2.37. The van der Waals surface area contributed by atoms with E-state index in [1.54, 1.807) is 18.2 Å². The van der Waals surface area contributed by atoms with E-state index in [-0.39, 0.29) is 31.4 Å². The first-order valence-electron chi connectivity index (χ1n) is 11.6. The van der Waals surface area contributed by atoms with Crippen LogP contribution in [0.15, 0.2) is 36.7 Å². The minimum atomic E-state index is -1.91. The first-order valence-corrected chi connectivity index (χ1v) is 10.0. The van der Waals surface area contributed by atoms with Crippen molar-refractivity contribution in [1.82, 2.24) is 14.9 Å². The highest BCUT2D eigenvalue weighted by Crippen LogP contribution is 2.35. The third-order valence-corrected chi connectivity index (χ3v) is 4.89. The van der Waals surface area contributed by atoms with Gasteiger partial charge in [-0.2, -0.15) is 0 Å². The SMILES string of the molecule is [2H]C1([2H])COCC([2H])([2H])N1CCCOc1cc2c(Nc3ccc(F)c(Cl)c3)ncnc2cc1OC. The van der Waals surface area contributed by atoms with Gasteiger partial charge in [-0.05, 0) is 30.7 Å². The predicted molar refractivity (Wildman–Crippen MR) is 118 cm³/mol. The molecule has 1 aliphatic heterocycles. The molecule has 2 heterocycles. The molecular formula is C22H24ClFN4O3. The summed E-state index contributed by atoms with van der Waals surface area (Å²) in [7, 11) is 1.51. The molecule has 31 heavy (non-hydrogen) atoms. The molecule has 7 nitrogen and oxygen atoms in total. The zero-order chi connectivity index (χ0) is 25.2. The fraction of sp³-hybridized carbons (Fsp3) is 0.364. The van der Waals surface area contributed by atoms with Crippen LogP contribution >= 0.6 is 11.6 Å². The molecule has 0 atom stereocenters. The lowest BCUT2D eigenvalue weighted by Gasteiger charge is -2.26. The van der Waals surface area contributed by atoms with Crippen LogP contribution in [0.1, 0.15) is 11.9 Å². The molecule has 1 saturated heterocycles. The van der Waals surface area contributed by atoms with Crippen LogP contribution in [0.25, 0.3) is 10.9 Å². The maximum Gasteiger partial charge on any atom is 0.162 e. The Morgan fingerprint density at radius 3 is 2.84 bits per heavy atom. The van der Waals surface area contributed by atoms with Crippen molar-refractivity contribution in [2.75, 3.05) is 51.8 Å². The number of anilines is 2. The number of rotatable bonds is 8. The quantitative estimate of drug-likeness (QED) is 0.514. The van der Waals surface area contributed by atoms with Crippen molar-refractivity contribution in [3.05, 3.63) is 47.5 Å². The van der Waals surface area contributed by atoms with E-state index in [4.69, 9.17) is 31.3 Å². The molecule has 1 aliphatic rings. The Balaban J connectivity index is 1.51. The number of nitrogens with zero attached hydrogens (tertiary/aromatic N) is 3. The van der Waals surface area contributed by atoms with Crippen LogP contribution in [0.4, 0.5) is 15.9 Å². The van der Waals surface area contributed by atoms with Gasteiger partial charge in [0.25, 0.3) is 0 Å². The van der Waals surface area contributed by atoms with E-state index in [9.17, 15) is 4.39 Å². The maximum absolute atomic E-state index is 13.5. The second-order valence-electron chi connectivity index (χ2n) is 6.66. The summed E-state index contributed by atoms with van der Waals surface area (Å²) < 4.78 is 62.1. The van der Waals surface area contributed by atoms with Crippen LogP contribution in [-0.2, 0) is 4.74 Å². The van der Waals surface area contributed by atoms with Gasteiger partial charge in [-0.15, -0.1) is 0 Å². The van der Waals surface area contributed by atoms with E-state index in [2.05, 4.69) is 15.3 Å². The predicted octanol–water partition coefficient (Wildman–Crippen LogP) is 4.28. The molecule has 2 aromatic carbocycles. The van der Waals surface area contributed by atoms with Crippen molar-refractivity contribution in [3.8, 4) is 11.5 Å². The summed E-state index contributed by atoms with van der Waals surface area (Å²) in [5.74, 6) is 0.801. The van der Waals surface area contributed by atoms with Gasteiger partial charge in [0.15, 0.2) is 11.5 Å². The number of fused-ring (bicyclic) bond motifs is 1. The summed E-state index contributed by atoms with van der Waals surface area (Å²) >= 11 is 5.88. The Bertz CT molecular complexity index is 1200. The molecular weight excluding hydrogens is 423 g/mol. The highest BCUT2D eigenvalue weighted by atomic mass is 35.5. The molecule has 1 aromatic heterocycles. The Hall–Kier alpha value is -2.68. The van der Waals surface area contributed by atoms with E-state index in [1.807, 2.05) is 0 Å². The van der Waals surface area contributed by atoms with Crippen molar-refractivity contribution >= 4 is 34.0 Å². The summed E-state index contributed by atoms with van der Waals surface area (Å²) in [4.78, 5) is 9.72. The molecule has 3 aromatic rings. The Labute approximate surface area is 190 Å². The zero-order valence-electron chi connectivity index (χ0n) is 20.8. The molecule has 164 valence electrons. The maximum atomic E-state index is 13.5. The molecule has 0 radical (unpaired) electrons. The van der Waals surface area contributed by atoms with Gasteiger partial charge < -0.3 is 19.5 Å². The van der Waals surface area contributed by atoms with E-state index in [0.29, 0.717) is 40.3 Å². The monoisotopic (exact) mass is 450 g/mol. The Morgan fingerprint density at radius 1 is 1.23 bits per heavy atom. The van der Waals surface area contributed by atoms with Crippen LogP contribution in [0.5, 0.6) is 11.5 Å². The van der Waals surface area contributed by atoms with Crippen LogP contribution in [0, 0.1) is 5.82 Å². The standard InChI is InChI=1S/C22H24ClFN4O3/c1-29-20-13-19-16(12-21(20)31-8-2-5-28-6-9-30-10-7-28)22(26-14-25-19)27-15-3-4-18(24)17(23)11-15/h3-4,11-14H,2,5-10H2,1H3,(H,25,26,27)/i6D2,7D2. The Kier molecular flexibility index (Phi) is 5.51. The number of nitrogens with one attached hydrogen (secondary N) is 1. The highest BCUT2D eigenvalue weighted by Gasteiger charge is 2.14. The third kappa shape index (κ3) is 5.33. The average Bonchev–Trinajstić information content (AvgIpc) is 2.79. The number of morpholine rings is 1. The minimum absolute atomic E-state index is 0.0203. The lowest BCUT2D eigenvalue weighted by atomic mass is 10.2. The fourth-order valence-corrected chi connectivity index (χ4v) is 3.24. The number of methoxy groups -OCH3 is 1. The number of benzene rings is 2. The molecule has 1 N–H and O–H groups in total. The summed E-state index contributed by atoms with van der Waals surface area (Å²) in [5.41, 5.74) is 1.14. The minimum Gasteiger partial charge on any atom is -0.493 e. The number of ether oxygens (including phenoxy) is 3. The van der Waals surface area contributed by atoms with E-state index in [1.165, 1.54) is 25.6 Å². The molecule has 0 bridgehead atoms. The van der Waals surface area contributed by atoms with E-state index >= 15 is 0 Å². The van der Waals surface area contributed by atoms with Crippen LogP contribution < -0.4 is 14.8 Å². The number of halogens is 2. The van der Waals surface area contributed by atoms with Crippen molar-refractivity contribution < 1.29 is 24.1 Å². The van der Waals surface area contributed by atoms with Gasteiger partial charge in [-0.1, -0.05) is 11.6 Å². The zero-order valence-corrected chi connectivity index (χ0v) is 17.6. The smallest absolute Gasteiger partial charge is 0.162 e.